The summed E-state index contributed by atoms with van der Waals surface area (Å²) in [5.74, 6) is -0.114. The minimum Gasteiger partial charge on any atom is -0.444 e. The van der Waals surface area contributed by atoms with Gasteiger partial charge in [0.05, 0.1) is 12.1 Å². The lowest BCUT2D eigenvalue weighted by atomic mass is 9.98. The van der Waals surface area contributed by atoms with Crippen molar-refractivity contribution in [2.24, 2.45) is 7.05 Å². The minimum absolute atomic E-state index is 0.0284. The maximum Gasteiger partial charge on any atom is 0.413 e. The fourth-order valence-electron chi connectivity index (χ4n) is 4.31. The van der Waals surface area contributed by atoms with Crippen LogP contribution in [-0.2, 0) is 34.5 Å². The number of rotatable bonds is 8. The monoisotopic (exact) mass is 559 g/mol. The standard InChI is InChI=1S/C27H38ClN7O4/c1-15-9-10-35(30-14-21-18(4)33-34(8)24(21)28)25(37)19(15)12-23(36)29-13-20-16(2)11-22(31-17(20)3)32-26(38)39-27(5,6)7/h11,30H,9-10,12-14H2,1-8H3,(H,29,36)(H,31,32,38). The Labute approximate surface area is 234 Å². The highest BCUT2D eigenvalue weighted by Crippen LogP contribution is 2.23. The zero-order valence-electron chi connectivity index (χ0n) is 23.9. The van der Waals surface area contributed by atoms with Gasteiger partial charge in [0.1, 0.15) is 16.6 Å². The smallest absolute Gasteiger partial charge is 0.413 e. The normalized spacial score (nSPS) is 14.1. The van der Waals surface area contributed by atoms with Crippen molar-refractivity contribution in [2.45, 2.75) is 80.0 Å². The molecule has 212 valence electrons. The molecule has 0 radical (unpaired) electrons. The minimum atomic E-state index is -0.620. The number of hydrogen-bond acceptors (Lipinski definition) is 7. The van der Waals surface area contributed by atoms with Crippen molar-refractivity contribution >= 4 is 35.3 Å². The van der Waals surface area contributed by atoms with Crippen molar-refractivity contribution in [1.29, 1.82) is 0 Å². The van der Waals surface area contributed by atoms with Crippen molar-refractivity contribution in [1.82, 2.24) is 30.5 Å². The second kappa shape index (κ2) is 12.2. The number of hydrogen-bond donors (Lipinski definition) is 3. The fourth-order valence-corrected chi connectivity index (χ4v) is 4.55. The lowest BCUT2D eigenvalue weighted by Gasteiger charge is -2.30. The third-order valence-electron chi connectivity index (χ3n) is 6.43. The molecule has 2 aromatic heterocycles. The fraction of sp³-hybridized carbons (Fsp3) is 0.519. The molecule has 3 rings (SSSR count). The van der Waals surface area contributed by atoms with Crippen LogP contribution in [0.15, 0.2) is 17.2 Å². The zero-order valence-corrected chi connectivity index (χ0v) is 24.7. The first kappa shape index (κ1) is 30.1. The van der Waals surface area contributed by atoms with E-state index in [-0.39, 0.29) is 24.8 Å². The summed E-state index contributed by atoms with van der Waals surface area (Å²) in [4.78, 5) is 42.6. The number of aromatic nitrogens is 3. The van der Waals surface area contributed by atoms with Crippen LogP contribution in [0, 0.1) is 20.8 Å². The van der Waals surface area contributed by atoms with E-state index in [9.17, 15) is 14.4 Å². The van der Waals surface area contributed by atoms with Crippen LogP contribution in [0.5, 0.6) is 0 Å². The Bertz CT molecular complexity index is 1290. The first-order valence-corrected chi connectivity index (χ1v) is 13.2. The first-order valence-electron chi connectivity index (χ1n) is 12.8. The summed E-state index contributed by atoms with van der Waals surface area (Å²) in [6.45, 7) is 13.9. The van der Waals surface area contributed by atoms with Gasteiger partial charge in [-0.05, 0) is 72.1 Å². The number of carbonyl (C=O) groups is 3. The summed E-state index contributed by atoms with van der Waals surface area (Å²) in [5, 5.41) is 11.9. The number of pyridine rings is 1. The van der Waals surface area contributed by atoms with E-state index >= 15 is 0 Å². The number of aryl methyl sites for hydroxylation is 4. The van der Waals surface area contributed by atoms with Crippen LogP contribution in [0.4, 0.5) is 10.6 Å². The summed E-state index contributed by atoms with van der Waals surface area (Å²) in [7, 11) is 1.77. The summed E-state index contributed by atoms with van der Waals surface area (Å²) < 4.78 is 6.87. The molecule has 0 bridgehead atoms. The summed E-state index contributed by atoms with van der Waals surface area (Å²) in [5.41, 5.74) is 7.88. The van der Waals surface area contributed by atoms with Crippen LogP contribution in [0.2, 0.25) is 5.15 Å². The summed E-state index contributed by atoms with van der Waals surface area (Å²) in [6.07, 6.45) is 0.0483. The Balaban J connectivity index is 1.59. The number of halogens is 1. The number of nitrogens with zero attached hydrogens (tertiary/aromatic N) is 4. The van der Waals surface area contributed by atoms with Crippen LogP contribution in [0.1, 0.15) is 68.6 Å². The number of hydrazine groups is 1. The van der Waals surface area contributed by atoms with E-state index in [0.717, 1.165) is 28.0 Å². The third-order valence-corrected chi connectivity index (χ3v) is 6.90. The van der Waals surface area contributed by atoms with E-state index in [0.29, 0.717) is 41.7 Å². The molecule has 0 aliphatic carbocycles. The molecule has 0 atom stereocenters. The number of ether oxygens (including phenoxy) is 1. The van der Waals surface area contributed by atoms with E-state index < -0.39 is 11.7 Å². The zero-order chi connectivity index (χ0) is 29.1. The molecule has 11 nitrogen and oxygen atoms in total. The quantitative estimate of drug-likeness (QED) is 0.445. The van der Waals surface area contributed by atoms with Crippen LogP contribution >= 0.6 is 11.6 Å². The van der Waals surface area contributed by atoms with Gasteiger partial charge in [0.15, 0.2) is 0 Å². The van der Waals surface area contributed by atoms with Gasteiger partial charge >= 0.3 is 6.09 Å². The van der Waals surface area contributed by atoms with Crippen molar-refractivity contribution < 1.29 is 19.1 Å². The highest BCUT2D eigenvalue weighted by atomic mass is 35.5. The molecule has 0 unspecified atom stereocenters. The van der Waals surface area contributed by atoms with Crippen molar-refractivity contribution in [3.8, 4) is 0 Å². The van der Waals surface area contributed by atoms with Gasteiger partial charge in [-0.3, -0.25) is 24.6 Å². The molecule has 3 amide bonds. The lowest BCUT2D eigenvalue weighted by Crippen LogP contribution is -2.47. The summed E-state index contributed by atoms with van der Waals surface area (Å²) >= 11 is 6.32. The van der Waals surface area contributed by atoms with E-state index in [1.807, 2.05) is 27.7 Å². The van der Waals surface area contributed by atoms with Gasteiger partial charge in [-0.15, -0.1) is 0 Å². The van der Waals surface area contributed by atoms with Gasteiger partial charge < -0.3 is 10.1 Å². The SMILES string of the molecule is CC1=C(CC(=O)NCc2c(C)cc(NC(=O)OC(C)(C)C)nc2C)C(=O)N(NCc2c(C)nn(C)c2Cl)CC1. The van der Waals surface area contributed by atoms with Gasteiger partial charge in [-0.1, -0.05) is 17.2 Å². The number of anilines is 1. The third kappa shape index (κ3) is 7.79. The van der Waals surface area contributed by atoms with Gasteiger partial charge in [0, 0.05) is 43.5 Å². The molecule has 3 N–H and O–H groups in total. The Morgan fingerprint density at radius 1 is 1.10 bits per heavy atom. The molecule has 0 fully saturated rings. The highest BCUT2D eigenvalue weighted by molar-refractivity contribution is 6.30. The maximum atomic E-state index is 13.2. The molecule has 0 saturated heterocycles. The van der Waals surface area contributed by atoms with Gasteiger partial charge in [0.25, 0.3) is 5.91 Å². The largest absolute Gasteiger partial charge is 0.444 e. The van der Waals surface area contributed by atoms with Crippen LogP contribution < -0.4 is 16.1 Å². The number of amides is 3. The molecule has 1 aliphatic rings. The molecule has 12 heteroatoms. The highest BCUT2D eigenvalue weighted by Gasteiger charge is 2.27. The van der Waals surface area contributed by atoms with Gasteiger partial charge in [-0.25, -0.2) is 15.2 Å². The molecule has 2 aromatic rings. The van der Waals surface area contributed by atoms with E-state index in [4.69, 9.17) is 16.3 Å². The Hall–Kier alpha value is -3.44. The average molecular weight is 560 g/mol. The Kier molecular flexibility index (Phi) is 9.39. The first-order chi connectivity index (χ1) is 18.2. The van der Waals surface area contributed by atoms with Crippen molar-refractivity contribution in [3.63, 3.8) is 0 Å². The van der Waals surface area contributed by atoms with E-state index in [1.165, 1.54) is 5.01 Å². The summed E-state index contributed by atoms with van der Waals surface area (Å²) in [6, 6.07) is 1.73. The molecule has 0 spiro atoms. The number of nitrogens with one attached hydrogen (secondary N) is 3. The van der Waals surface area contributed by atoms with Gasteiger partial charge in [0.2, 0.25) is 5.91 Å². The van der Waals surface area contributed by atoms with Crippen molar-refractivity contribution in [2.75, 3.05) is 11.9 Å². The van der Waals surface area contributed by atoms with E-state index in [1.54, 1.807) is 38.6 Å². The predicted molar refractivity (Wildman–Crippen MR) is 149 cm³/mol. The molecular weight excluding hydrogens is 522 g/mol. The van der Waals surface area contributed by atoms with E-state index in [2.05, 4.69) is 26.1 Å². The topological polar surface area (TPSA) is 130 Å². The molecule has 1 aliphatic heterocycles. The van der Waals surface area contributed by atoms with Crippen molar-refractivity contribution in [3.05, 3.63) is 50.4 Å². The second-order valence-electron chi connectivity index (χ2n) is 10.7. The predicted octanol–water partition coefficient (Wildman–Crippen LogP) is 4.00. The average Bonchev–Trinajstić information content (AvgIpc) is 3.05. The van der Waals surface area contributed by atoms with Crippen LogP contribution in [0.25, 0.3) is 0 Å². The Morgan fingerprint density at radius 3 is 2.38 bits per heavy atom. The van der Waals surface area contributed by atoms with Crippen LogP contribution in [-0.4, -0.2) is 49.8 Å². The lowest BCUT2D eigenvalue weighted by molar-refractivity contribution is -0.132. The number of carbonyl (C=O) groups excluding carboxylic acids is 3. The molecule has 0 saturated carbocycles. The van der Waals surface area contributed by atoms with Crippen LogP contribution in [0.3, 0.4) is 0 Å². The van der Waals surface area contributed by atoms with Gasteiger partial charge in [-0.2, -0.15) is 5.10 Å². The molecule has 39 heavy (non-hydrogen) atoms. The molecular formula is C27H38ClN7O4. The second-order valence-corrected chi connectivity index (χ2v) is 11.1. The molecule has 3 heterocycles. The Morgan fingerprint density at radius 2 is 1.79 bits per heavy atom. The maximum absolute atomic E-state index is 13.2. The molecule has 0 aromatic carbocycles.